The number of rotatable bonds is 4. The molecule has 4 nitrogen and oxygen atoms in total. The lowest BCUT2D eigenvalue weighted by Gasteiger charge is -1.99. The molecule has 1 aromatic heterocycles. The first-order chi connectivity index (χ1) is 6.24. The molecule has 0 saturated heterocycles. The number of carbonyl (C=O) groups is 2. The summed E-state index contributed by atoms with van der Waals surface area (Å²) in [6, 6.07) is 3.17. The van der Waals surface area contributed by atoms with Crippen molar-refractivity contribution >= 4 is 11.7 Å². The third-order valence-electron chi connectivity index (χ3n) is 1.59. The van der Waals surface area contributed by atoms with Gasteiger partial charge in [-0.2, -0.15) is 0 Å². The fraction of sp³-hybridized carbons (Fsp3) is 0.333. The standard InChI is InChI=1S/C9H11NO3/c1-2-7(11)6-10-9(12)8-4-3-5-13-8/h3-5H,2,6H2,1H3,(H,10,12). The highest BCUT2D eigenvalue weighted by Crippen LogP contribution is 1.98. The van der Waals surface area contributed by atoms with E-state index >= 15 is 0 Å². The van der Waals surface area contributed by atoms with Gasteiger partial charge in [0.1, 0.15) is 0 Å². The van der Waals surface area contributed by atoms with Crippen LogP contribution < -0.4 is 5.32 Å². The van der Waals surface area contributed by atoms with Crippen molar-refractivity contribution in [2.45, 2.75) is 13.3 Å². The molecule has 0 radical (unpaired) electrons. The van der Waals surface area contributed by atoms with Crippen LogP contribution in [0.2, 0.25) is 0 Å². The van der Waals surface area contributed by atoms with E-state index in [1.54, 1.807) is 19.1 Å². The molecule has 0 fully saturated rings. The van der Waals surface area contributed by atoms with Crippen LogP contribution in [0.1, 0.15) is 23.9 Å². The van der Waals surface area contributed by atoms with E-state index in [0.717, 1.165) is 0 Å². The molecular weight excluding hydrogens is 170 g/mol. The minimum atomic E-state index is -0.355. The van der Waals surface area contributed by atoms with Crippen molar-refractivity contribution in [3.8, 4) is 0 Å². The zero-order valence-electron chi connectivity index (χ0n) is 7.37. The second-order valence-corrected chi connectivity index (χ2v) is 2.55. The molecule has 1 rings (SSSR count). The van der Waals surface area contributed by atoms with E-state index in [0.29, 0.717) is 6.42 Å². The van der Waals surface area contributed by atoms with Crippen LogP contribution >= 0.6 is 0 Å². The summed E-state index contributed by atoms with van der Waals surface area (Å²) in [4.78, 5) is 22.0. The van der Waals surface area contributed by atoms with Gasteiger partial charge in [0.05, 0.1) is 12.8 Å². The van der Waals surface area contributed by atoms with E-state index in [9.17, 15) is 9.59 Å². The van der Waals surface area contributed by atoms with Gasteiger partial charge in [-0.15, -0.1) is 0 Å². The van der Waals surface area contributed by atoms with Crippen LogP contribution in [0.25, 0.3) is 0 Å². The van der Waals surface area contributed by atoms with Gasteiger partial charge in [0.2, 0.25) is 0 Å². The molecule has 0 aromatic carbocycles. The highest BCUT2D eigenvalue weighted by Gasteiger charge is 2.08. The van der Waals surface area contributed by atoms with Gasteiger partial charge in [0, 0.05) is 6.42 Å². The van der Waals surface area contributed by atoms with Gasteiger partial charge in [-0.25, -0.2) is 0 Å². The van der Waals surface area contributed by atoms with E-state index in [-0.39, 0.29) is 24.0 Å². The minimum Gasteiger partial charge on any atom is -0.459 e. The van der Waals surface area contributed by atoms with Crippen molar-refractivity contribution in [3.05, 3.63) is 24.2 Å². The summed E-state index contributed by atoms with van der Waals surface area (Å²) < 4.78 is 4.84. The zero-order valence-corrected chi connectivity index (χ0v) is 7.37. The van der Waals surface area contributed by atoms with Gasteiger partial charge in [0.25, 0.3) is 5.91 Å². The normalized spacial score (nSPS) is 9.62. The van der Waals surface area contributed by atoms with Gasteiger partial charge in [-0.1, -0.05) is 6.92 Å². The van der Waals surface area contributed by atoms with Gasteiger partial charge in [-0.3, -0.25) is 9.59 Å². The summed E-state index contributed by atoms with van der Waals surface area (Å²) in [5, 5.41) is 2.45. The summed E-state index contributed by atoms with van der Waals surface area (Å²) >= 11 is 0. The van der Waals surface area contributed by atoms with Crippen LogP contribution in [0.3, 0.4) is 0 Å². The minimum absolute atomic E-state index is 0.0000869. The van der Waals surface area contributed by atoms with Crippen LogP contribution in [-0.2, 0) is 4.79 Å². The topological polar surface area (TPSA) is 59.3 Å². The monoisotopic (exact) mass is 181 g/mol. The van der Waals surface area contributed by atoms with Gasteiger partial charge >= 0.3 is 0 Å². The Morgan fingerprint density at radius 3 is 2.85 bits per heavy atom. The Bertz CT molecular complexity index is 290. The molecule has 0 aliphatic heterocycles. The Kier molecular flexibility index (Phi) is 3.25. The first-order valence-corrected chi connectivity index (χ1v) is 4.07. The fourth-order valence-corrected chi connectivity index (χ4v) is 0.799. The lowest BCUT2D eigenvalue weighted by atomic mass is 10.3. The molecule has 70 valence electrons. The Labute approximate surface area is 75.9 Å². The summed E-state index contributed by atoms with van der Waals surface area (Å²) in [5.41, 5.74) is 0. The van der Waals surface area contributed by atoms with Crippen molar-refractivity contribution in [1.82, 2.24) is 5.32 Å². The van der Waals surface area contributed by atoms with Crippen LogP contribution in [-0.4, -0.2) is 18.2 Å². The molecule has 0 aliphatic rings. The summed E-state index contributed by atoms with van der Waals surface area (Å²) in [5.74, 6) is -0.129. The molecule has 0 saturated carbocycles. The van der Waals surface area contributed by atoms with Crippen molar-refractivity contribution in [3.63, 3.8) is 0 Å². The maximum Gasteiger partial charge on any atom is 0.287 e. The Hall–Kier alpha value is -1.58. The number of hydrogen-bond donors (Lipinski definition) is 1. The second-order valence-electron chi connectivity index (χ2n) is 2.55. The van der Waals surface area contributed by atoms with Gasteiger partial charge in [-0.05, 0) is 12.1 Å². The summed E-state index contributed by atoms with van der Waals surface area (Å²) in [6.07, 6.45) is 1.84. The van der Waals surface area contributed by atoms with E-state index < -0.39 is 0 Å². The van der Waals surface area contributed by atoms with Crippen molar-refractivity contribution in [2.24, 2.45) is 0 Å². The van der Waals surface area contributed by atoms with Crippen LogP contribution in [0.4, 0.5) is 0 Å². The zero-order chi connectivity index (χ0) is 9.68. The molecule has 0 spiro atoms. The first kappa shape index (κ1) is 9.51. The highest BCUT2D eigenvalue weighted by molar-refractivity contribution is 5.94. The summed E-state index contributed by atoms with van der Waals surface area (Å²) in [6.45, 7) is 1.82. The summed E-state index contributed by atoms with van der Waals surface area (Å²) in [7, 11) is 0. The molecule has 1 amide bonds. The third-order valence-corrected chi connectivity index (χ3v) is 1.59. The quantitative estimate of drug-likeness (QED) is 0.753. The smallest absolute Gasteiger partial charge is 0.287 e. The number of Topliss-reactive ketones (excluding diaryl/α,β-unsaturated/α-hetero) is 1. The van der Waals surface area contributed by atoms with E-state index in [1.165, 1.54) is 6.26 Å². The predicted octanol–water partition coefficient (Wildman–Crippen LogP) is 0.989. The lowest BCUT2D eigenvalue weighted by Crippen LogP contribution is -2.28. The molecule has 1 heterocycles. The SMILES string of the molecule is CCC(=O)CNC(=O)c1ccco1. The fourth-order valence-electron chi connectivity index (χ4n) is 0.799. The van der Waals surface area contributed by atoms with Crippen LogP contribution in [0.15, 0.2) is 22.8 Å². The second kappa shape index (κ2) is 4.45. The maximum absolute atomic E-state index is 11.2. The number of amides is 1. The van der Waals surface area contributed by atoms with Gasteiger partial charge in [0.15, 0.2) is 11.5 Å². The maximum atomic E-state index is 11.2. The number of furan rings is 1. The first-order valence-electron chi connectivity index (χ1n) is 4.07. The van der Waals surface area contributed by atoms with Crippen LogP contribution in [0.5, 0.6) is 0 Å². The largest absolute Gasteiger partial charge is 0.459 e. The molecular formula is C9H11NO3. The number of carbonyl (C=O) groups excluding carboxylic acids is 2. The lowest BCUT2D eigenvalue weighted by molar-refractivity contribution is -0.117. The molecule has 0 atom stereocenters. The predicted molar refractivity (Wildman–Crippen MR) is 46.3 cm³/mol. The van der Waals surface area contributed by atoms with Crippen LogP contribution in [0, 0.1) is 0 Å². The third kappa shape index (κ3) is 2.74. The molecule has 13 heavy (non-hydrogen) atoms. The Balaban J connectivity index is 2.39. The number of nitrogens with one attached hydrogen (secondary N) is 1. The average molecular weight is 181 g/mol. The Morgan fingerprint density at radius 1 is 1.54 bits per heavy atom. The van der Waals surface area contributed by atoms with E-state index in [1.807, 2.05) is 0 Å². The number of hydrogen-bond acceptors (Lipinski definition) is 3. The molecule has 0 unspecified atom stereocenters. The van der Waals surface area contributed by atoms with E-state index in [4.69, 9.17) is 4.42 Å². The molecule has 1 N–H and O–H groups in total. The number of ketones is 1. The molecule has 0 aliphatic carbocycles. The van der Waals surface area contributed by atoms with Gasteiger partial charge < -0.3 is 9.73 Å². The van der Waals surface area contributed by atoms with Crippen molar-refractivity contribution in [1.29, 1.82) is 0 Å². The molecule has 4 heteroatoms. The van der Waals surface area contributed by atoms with Crippen molar-refractivity contribution < 1.29 is 14.0 Å². The molecule has 0 bridgehead atoms. The molecule has 1 aromatic rings. The average Bonchev–Trinajstić information content (AvgIpc) is 2.66. The van der Waals surface area contributed by atoms with E-state index in [2.05, 4.69) is 5.32 Å². The highest BCUT2D eigenvalue weighted by atomic mass is 16.3. The van der Waals surface area contributed by atoms with Crippen molar-refractivity contribution in [2.75, 3.05) is 6.54 Å². The Morgan fingerprint density at radius 2 is 2.31 bits per heavy atom.